The maximum absolute atomic E-state index is 13.3. The molecule has 0 saturated heterocycles. The number of nitrogens with one attached hydrogen (secondary N) is 2. The second-order valence-corrected chi connectivity index (χ2v) is 3.48. The van der Waals surface area contributed by atoms with Gasteiger partial charge in [0.1, 0.15) is 17.3 Å². The van der Waals surface area contributed by atoms with Crippen LogP contribution in [-0.4, -0.2) is 27.0 Å². The Morgan fingerprint density at radius 2 is 1.89 bits per heavy atom. The first-order valence-electron chi connectivity index (χ1n) is 5.02. The fourth-order valence-electron chi connectivity index (χ4n) is 1.42. The minimum absolute atomic E-state index is 0.463. The van der Waals surface area contributed by atoms with E-state index in [1.54, 1.807) is 0 Å². The lowest BCUT2D eigenvalue weighted by molar-refractivity contribution is 0.0686. The standard InChI is InChI=1S/C11H7F2N3O3/c12-5-2-1-3-6(13)7(5)16-10(17)8-9(11(18)19)15-4-14-8/h1-4H,(H,14,15)(H,16,17)(H,18,19). The molecular weight excluding hydrogens is 260 g/mol. The minimum atomic E-state index is -1.41. The number of para-hydroxylation sites is 1. The number of carbonyl (C=O) groups excluding carboxylic acids is 1. The highest BCUT2D eigenvalue weighted by Crippen LogP contribution is 2.19. The number of benzene rings is 1. The highest BCUT2D eigenvalue weighted by molar-refractivity contribution is 6.08. The number of imidazole rings is 1. The maximum Gasteiger partial charge on any atom is 0.354 e. The molecule has 0 atom stereocenters. The number of rotatable bonds is 3. The van der Waals surface area contributed by atoms with E-state index in [2.05, 4.69) is 9.97 Å². The van der Waals surface area contributed by atoms with Crippen LogP contribution in [0.1, 0.15) is 21.0 Å². The third kappa shape index (κ3) is 2.41. The summed E-state index contributed by atoms with van der Waals surface area (Å²) in [5.41, 5.74) is -1.59. The Kier molecular flexibility index (Phi) is 3.23. The highest BCUT2D eigenvalue weighted by atomic mass is 19.1. The van der Waals surface area contributed by atoms with Crippen LogP contribution in [0.3, 0.4) is 0 Å². The molecule has 0 saturated carbocycles. The monoisotopic (exact) mass is 267 g/mol. The highest BCUT2D eigenvalue weighted by Gasteiger charge is 2.21. The Hall–Kier alpha value is -2.77. The first-order chi connectivity index (χ1) is 9.00. The number of aromatic nitrogens is 2. The zero-order valence-electron chi connectivity index (χ0n) is 9.28. The van der Waals surface area contributed by atoms with Crippen LogP contribution in [0.4, 0.5) is 14.5 Å². The molecular formula is C11H7F2N3O3. The molecule has 0 fully saturated rings. The van der Waals surface area contributed by atoms with Crippen molar-refractivity contribution in [3.8, 4) is 0 Å². The molecule has 0 aliphatic heterocycles. The average molecular weight is 267 g/mol. The summed E-state index contributed by atoms with van der Waals surface area (Å²) in [6.45, 7) is 0. The smallest absolute Gasteiger partial charge is 0.354 e. The lowest BCUT2D eigenvalue weighted by Gasteiger charge is -2.06. The lowest BCUT2D eigenvalue weighted by atomic mass is 10.2. The molecule has 1 aromatic carbocycles. The van der Waals surface area contributed by atoms with Gasteiger partial charge >= 0.3 is 5.97 Å². The summed E-state index contributed by atoms with van der Waals surface area (Å²) in [7, 11) is 0. The van der Waals surface area contributed by atoms with E-state index in [9.17, 15) is 18.4 Å². The number of carboxylic acids is 1. The van der Waals surface area contributed by atoms with Gasteiger partial charge in [0, 0.05) is 0 Å². The van der Waals surface area contributed by atoms with Crippen molar-refractivity contribution in [1.29, 1.82) is 0 Å². The van der Waals surface area contributed by atoms with Crippen LogP contribution in [0.5, 0.6) is 0 Å². The number of anilines is 1. The van der Waals surface area contributed by atoms with E-state index in [0.29, 0.717) is 0 Å². The summed E-state index contributed by atoms with van der Waals surface area (Å²) in [5.74, 6) is -4.37. The molecule has 0 aliphatic carbocycles. The lowest BCUT2D eigenvalue weighted by Crippen LogP contribution is -2.18. The van der Waals surface area contributed by atoms with Crippen molar-refractivity contribution in [1.82, 2.24) is 9.97 Å². The number of aromatic amines is 1. The summed E-state index contributed by atoms with van der Waals surface area (Å²) in [5, 5.41) is 10.7. The van der Waals surface area contributed by atoms with Gasteiger partial charge in [0.2, 0.25) is 0 Å². The van der Waals surface area contributed by atoms with E-state index in [1.807, 2.05) is 5.32 Å². The van der Waals surface area contributed by atoms with Gasteiger partial charge in [0.05, 0.1) is 6.33 Å². The molecule has 0 aliphatic rings. The van der Waals surface area contributed by atoms with Crippen molar-refractivity contribution in [2.75, 3.05) is 5.32 Å². The fraction of sp³-hybridized carbons (Fsp3) is 0. The maximum atomic E-state index is 13.3. The molecule has 3 N–H and O–H groups in total. The Balaban J connectivity index is 2.31. The molecule has 2 aromatic rings. The summed E-state index contributed by atoms with van der Waals surface area (Å²) in [6, 6.07) is 3.06. The Labute approximate surface area is 105 Å². The van der Waals surface area contributed by atoms with Gasteiger partial charge in [-0.05, 0) is 12.1 Å². The van der Waals surface area contributed by atoms with E-state index in [-0.39, 0.29) is 0 Å². The van der Waals surface area contributed by atoms with Gasteiger partial charge in [-0.2, -0.15) is 0 Å². The van der Waals surface area contributed by atoms with E-state index >= 15 is 0 Å². The molecule has 19 heavy (non-hydrogen) atoms. The minimum Gasteiger partial charge on any atom is -0.477 e. The number of hydrogen-bond donors (Lipinski definition) is 3. The van der Waals surface area contributed by atoms with Crippen molar-refractivity contribution in [2.45, 2.75) is 0 Å². The molecule has 2 rings (SSSR count). The SMILES string of the molecule is O=C(Nc1c(F)cccc1F)c1nc[nH]c1C(=O)O. The second-order valence-electron chi connectivity index (χ2n) is 3.48. The summed E-state index contributed by atoms with van der Waals surface area (Å²) in [6.07, 6.45) is 0.996. The summed E-state index contributed by atoms with van der Waals surface area (Å²) < 4.78 is 26.6. The number of amides is 1. The Bertz CT molecular complexity index is 634. The number of H-pyrrole nitrogens is 1. The van der Waals surface area contributed by atoms with Gasteiger partial charge in [-0.15, -0.1) is 0 Å². The van der Waals surface area contributed by atoms with Crippen LogP contribution < -0.4 is 5.32 Å². The molecule has 98 valence electrons. The van der Waals surface area contributed by atoms with Crippen molar-refractivity contribution >= 4 is 17.6 Å². The van der Waals surface area contributed by atoms with Gasteiger partial charge in [-0.1, -0.05) is 6.07 Å². The third-order valence-electron chi connectivity index (χ3n) is 2.27. The fourth-order valence-corrected chi connectivity index (χ4v) is 1.42. The number of nitrogens with zero attached hydrogens (tertiary/aromatic N) is 1. The molecule has 0 unspecified atom stereocenters. The summed E-state index contributed by atoms with van der Waals surface area (Å²) in [4.78, 5) is 28.2. The first-order valence-corrected chi connectivity index (χ1v) is 5.02. The van der Waals surface area contributed by atoms with E-state index in [0.717, 1.165) is 24.5 Å². The van der Waals surface area contributed by atoms with Crippen LogP contribution in [-0.2, 0) is 0 Å². The molecule has 1 aromatic heterocycles. The zero-order valence-corrected chi connectivity index (χ0v) is 9.28. The Morgan fingerprint density at radius 1 is 1.26 bits per heavy atom. The molecule has 0 spiro atoms. The zero-order chi connectivity index (χ0) is 14.0. The van der Waals surface area contributed by atoms with E-state index in [1.165, 1.54) is 0 Å². The predicted octanol–water partition coefficient (Wildman–Crippen LogP) is 1.64. The first kappa shape index (κ1) is 12.7. The number of carbonyl (C=O) groups is 2. The molecule has 6 nitrogen and oxygen atoms in total. The van der Waals surface area contributed by atoms with Crippen molar-refractivity contribution < 1.29 is 23.5 Å². The van der Waals surface area contributed by atoms with Crippen molar-refractivity contribution in [2.24, 2.45) is 0 Å². The van der Waals surface area contributed by atoms with Gasteiger partial charge in [-0.25, -0.2) is 18.6 Å². The van der Waals surface area contributed by atoms with Crippen LogP contribution in [0.2, 0.25) is 0 Å². The number of aromatic carboxylic acids is 1. The Morgan fingerprint density at radius 3 is 2.47 bits per heavy atom. The quantitative estimate of drug-likeness (QED) is 0.787. The van der Waals surface area contributed by atoms with Crippen LogP contribution in [0.15, 0.2) is 24.5 Å². The topological polar surface area (TPSA) is 95.1 Å². The molecule has 0 radical (unpaired) electrons. The van der Waals surface area contributed by atoms with Gasteiger partial charge in [0.25, 0.3) is 5.91 Å². The molecule has 0 bridgehead atoms. The third-order valence-corrected chi connectivity index (χ3v) is 2.27. The number of halogens is 2. The van der Waals surface area contributed by atoms with Crippen molar-refractivity contribution in [3.63, 3.8) is 0 Å². The van der Waals surface area contributed by atoms with Gasteiger partial charge in [0.15, 0.2) is 11.4 Å². The predicted molar refractivity (Wildman–Crippen MR) is 59.9 cm³/mol. The molecule has 1 heterocycles. The average Bonchev–Trinajstić information content (AvgIpc) is 2.83. The largest absolute Gasteiger partial charge is 0.477 e. The van der Waals surface area contributed by atoms with Crippen LogP contribution >= 0.6 is 0 Å². The van der Waals surface area contributed by atoms with Crippen molar-refractivity contribution in [3.05, 3.63) is 47.5 Å². The normalized spacial score (nSPS) is 10.2. The van der Waals surface area contributed by atoms with E-state index in [4.69, 9.17) is 5.11 Å². The number of hydrogen-bond acceptors (Lipinski definition) is 3. The molecule has 8 heteroatoms. The van der Waals surface area contributed by atoms with Crippen LogP contribution in [0.25, 0.3) is 0 Å². The van der Waals surface area contributed by atoms with Gasteiger partial charge < -0.3 is 15.4 Å². The molecule has 1 amide bonds. The van der Waals surface area contributed by atoms with E-state index < -0.39 is 40.6 Å². The van der Waals surface area contributed by atoms with Crippen LogP contribution in [0, 0.1) is 11.6 Å². The van der Waals surface area contributed by atoms with Gasteiger partial charge in [-0.3, -0.25) is 4.79 Å². The number of carboxylic acid groups (broad SMARTS) is 1. The summed E-state index contributed by atoms with van der Waals surface area (Å²) >= 11 is 0. The second kappa shape index (κ2) is 4.84.